The minimum atomic E-state index is -2.00. The molecule has 0 radical (unpaired) electrons. The van der Waals surface area contributed by atoms with Gasteiger partial charge in [-0.1, -0.05) is 0 Å². The Morgan fingerprint density at radius 1 is 1.10 bits per heavy atom. The molecule has 9 heteroatoms. The van der Waals surface area contributed by atoms with Crippen LogP contribution in [0.3, 0.4) is 0 Å². The lowest BCUT2D eigenvalue weighted by atomic mass is 9.83. The summed E-state index contributed by atoms with van der Waals surface area (Å²) in [5.41, 5.74) is -3.32. The molecule has 0 bridgehead atoms. The second-order valence-electron chi connectivity index (χ2n) is 5.01. The fourth-order valence-corrected chi connectivity index (χ4v) is 2.21. The van der Waals surface area contributed by atoms with Crippen LogP contribution in [0.15, 0.2) is 0 Å². The number of aliphatic hydroxyl groups excluding tert-OH is 3. The average molecular weight is 292 g/mol. The molecule has 114 valence electrons. The number of carboxylic acids is 1. The van der Waals surface area contributed by atoms with Crippen molar-refractivity contribution in [1.82, 2.24) is 0 Å². The Hall–Kier alpha value is -1.71. The van der Waals surface area contributed by atoms with Crippen molar-refractivity contribution in [2.24, 2.45) is 16.7 Å². The number of carbonyl (C=O) groups excluding carboxylic acids is 1. The summed E-state index contributed by atoms with van der Waals surface area (Å²) in [6, 6.07) is 0. The Morgan fingerprint density at radius 3 is 1.95 bits per heavy atom. The van der Waals surface area contributed by atoms with Crippen LogP contribution in [0.25, 0.3) is 0 Å². The number of hydrogen-bond donors (Lipinski definition) is 5. The van der Waals surface area contributed by atoms with Gasteiger partial charge in [-0.3, -0.25) is 9.59 Å². The fraction of sp³-hybridized carbons (Fsp3) is 0.727. The van der Waals surface area contributed by atoms with Gasteiger partial charge in [-0.25, -0.2) is 4.79 Å². The summed E-state index contributed by atoms with van der Waals surface area (Å²) in [7, 11) is 0. The van der Waals surface area contributed by atoms with Crippen molar-refractivity contribution >= 4 is 18.1 Å². The van der Waals surface area contributed by atoms with E-state index in [1.165, 1.54) is 0 Å². The highest BCUT2D eigenvalue weighted by molar-refractivity contribution is 6.05. The lowest BCUT2D eigenvalue weighted by Gasteiger charge is -2.27. The molecular weight excluding hydrogens is 276 g/mol. The number of rotatable bonds is 7. The van der Waals surface area contributed by atoms with Gasteiger partial charge in [-0.05, 0) is 18.8 Å². The summed E-state index contributed by atoms with van der Waals surface area (Å²) < 4.78 is 3.89. The lowest BCUT2D eigenvalue weighted by molar-refractivity contribution is -0.159. The topological polar surface area (TPSA) is 162 Å². The molecule has 1 saturated carbocycles. The van der Waals surface area contributed by atoms with E-state index in [-0.39, 0.29) is 12.8 Å². The van der Waals surface area contributed by atoms with Crippen LogP contribution in [0.5, 0.6) is 0 Å². The maximum atomic E-state index is 11.6. The zero-order chi connectivity index (χ0) is 15.6. The number of hydrogen-bond acceptors (Lipinski definition) is 7. The van der Waals surface area contributed by atoms with Crippen LogP contribution in [-0.4, -0.2) is 63.4 Å². The number of aliphatic carboxylic acids is 1. The van der Waals surface area contributed by atoms with Gasteiger partial charge in [0.15, 0.2) is 5.41 Å². The molecule has 0 aliphatic heterocycles. The molecule has 0 aromatic carbocycles. The fourth-order valence-electron chi connectivity index (χ4n) is 2.21. The molecule has 5 N–H and O–H groups in total. The van der Waals surface area contributed by atoms with E-state index in [2.05, 4.69) is 4.74 Å². The van der Waals surface area contributed by atoms with E-state index in [0.717, 1.165) is 0 Å². The predicted molar refractivity (Wildman–Crippen MR) is 60.6 cm³/mol. The Kier molecular flexibility index (Phi) is 4.69. The predicted octanol–water partition coefficient (Wildman–Crippen LogP) is -1.35. The average Bonchev–Trinajstić information content (AvgIpc) is 3.11. The van der Waals surface area contributed by atoms with Gasteiger partial charge in [0, 0.05) is 5.41 Å². The first-order chi connectivity index (χ1) is 9.27. The summed E-state index contributed by atoms with van der Waals surface area (Å²) >= 11 is 0. The van der Waals surface area contributed by atoms with Crippen molar-refractivity contribution in [3.05, 3.63) is 0 Å². The van der Waals surface area contributed by atoms with E-state index >= 15 is 0 Å². The van der Waals surface area contributed by atoms with E-state index in [1.807, 2.05) is 0 Å². The third kappa shape index (κ3) is 2.74. The zero-order valence-corrected chi connectivity index (χ0v) is 10.5. The molecule has 1 fully saturated rings. The Morgan fingerprint density at radius 2 is 1.60 bits per heavy atom. The zero-order valence-electron chi connectivity index (χ0n) is 10.5. The van der Waals surface area contributed by atoms with Crippen LogP contribution in [0.2, 0.25) is 0 Å². The molecule has 20 heavy (non-hydrogen) atoms. The number of ether oxygens (including phenoxy) is 1. The van der Waals surface area contributed by atoms with Gasteiger partial charge in [0.2, 0.25) is 0 Å². The van der Waals surface area contributed by atoms with E-state index in [1.54, 1.807) is 0 Å². The third-order valence-corrected chi connectivity index (χ3v) is 3.72. The molecule has 2 atom stereocenters. The van der Waals surface area contributed by atoms with Crippen molar-refractivity contribution in [2.75, 3.05) is 19.8 Å². The summed E-state index contributed by atoms with van der Waals surface area (Å²) in [5.74, 6) is -3.75. The minimum Gasteiger partial charge on any atom is -0.480 e. The highest BCUT2D eigenvalue weighted by Crippen LogP contribution is 2.58. The van der Waals surface area contributed by atoms with E-state index in [9.17, 15) is 14.4 Å². The number of aliphatic hydroxyl groups is 3. The molecule has 0 saturated heterocycles. The minimum absolute atomic E-state index is 0.141. The van der Waals surface area contributed by atoms with Crippen molar-refractivity contribution in [2.45, 2.75) is 12.8 Å². The second-order valence-corrected chi connectivity index (χ2v) is 5.01. The van der Waals surface area contributed by atoms with Crippen LogP contribution in [-0.2, 0) is 14.3 Å². The SMILES string of the molecule is O=C(O)OC(=O)C1(C(=O)O)CC1CC(CO)(CO)CO. The van der Waals surface area contributed by atoms with E-state index in [4.69, 9.17) is 25.5 Å². The summed E-state index contributed by atoms with van der Waals surface area (Å²) in [4.78, 5) is 33.1. The van der Waals surface area contributed by atoms with Gasteiger partial charge in [0.05, 0.1) is 19.8 Å². The molecule has 1 aliphatic carbocycles. The monoisotopic (exact) mass is 292 g/mol. The first kappa shape index (κ1) is 16.3. The molecule has 1 rings (SSSR count). The van der Waals surface area contributed by atoms with Crippen molar-refractivity contribution < 1.29 is 44.7 Å². The standard InChI is InChI=1S/C11H16O9/c12-3-10(4-13,5-14)1-6-2-11(6,7(15)16)8(17)20-9(18)19/h6,12-14H,1-5H2,(H,15,16)(H,18,19). The molecule has 0 heterocycles. The van der Waals surface area contributed by atoms with Gasteiger partial charge < -0.3 is 30.3 Å². The van der Waals surface area contributed by atoms with Crippen molar-refractivity contribution in [3.8, 4) is 0 Å². The first-order valence-electron chi connectivity index (χ1n) is 5.79. The maximum Gasteiger partial charge on any atom is 0.513 e. The van der Waals surface area contributed by atoms with Crippen molar-refractivity contribution in [1.29, 1.82) is 0 Å². The van der Waals surface area contributed by atoms with Crippen LogP contribution < -0.4 is 0 Å². The van der Waals surface area contributed by atoms with Crippen LogP contribution >= 0.6 is 0 Å². The van der Waals surface area contributed by atoms with E-state index < -0.39 is 54.7 Å². The lowest BCUT2D eigenvalue weighted by Crippen LogP contribution is -2.37. The van der Waals surface area contributed by atoms with E-state index in [0.29, 0.717) is 0 Å². The van der Waals surface area contributed by atoms with Gasteiger partial charge in [-0.2, -0.15) is 0 Å². The molecule has 2 unspecified atom stereocenters. The molecule has 1 aliphatic rings. The highest BCUT2D eigenvalue weighted by Gasteiger charge is 2.68. The van der Waals surface area contributed by atoms with Crippen molar-refractivity contribution in [3.63, 3.8) is 0 Å². The molecule has 0 amide bonds. The smallest absolute Gasteiger partial charge is 0.480 e. The Balaban J connectivity index is 2.87. The number of carbonyl (C=O) groups is 3. The molecule has 0 aromatic rings. The summed E-state index contributed by atoms with van der Waals surface area (Å²) in [6.07, 6.45) is -2.22. The maximum absolute atomic E-state index is 11.6. The summed E-state index contributed by atoms with van der Waals surface area (Å²) in [5, 5.41) is 45.0. The molecule has 0 aromatic heterocycles. The van der Waals surface area contributed by atoms with Gasteiger partial charge in [0.25, 0.3) is 0 Å². The third-order valence-electron chi connectivity index (χ3n) is 3.72. The van der Waals surface area contributed by atoms with Gasteiger partial charge in [-0.15, -0.1) is 0 Å². The van der Waals surface area contributed by atoms with Crippen LogP contribution in [0, 0.1) is 16.7 Å². The normalized spacial score (nSPS) is 25.1. The first-order valence-corrected chi connectivity index (χ1v) is 5.79. The van der Waals surface area contributed by atoms with Crippen LogP contribution in [0.4, 0.5) is 4.79 Å². The van der Waals surface area contributed by atoms with Gasteiger partial charge >= 0.3 is 18.1 Å². The Bertz CT molecular complexity index is 406. The van der Waals surface area contributed by atoms with Gasteiger partial charge in [0.1, 0.15) is 0 Å². The van der Waals surface area contributed by atoms with Crippen LogP contribution in [0.1, 0.15) is 12.8 Å². The molecule has 0 spiro atoms. The molecule has 9 nitrogen and oxygen atoms in total. The highest BCUT2D eigenvalue weighted by atomic mass is 16.7. The number of carboxylic acid groups (broad SMARTS) is 2. The Labute approximate surface area is 113 Å². The second kappa shape index (κ2) is 5.73. The quantitative estimate of drug-likeness (QED) is 0.282. The summed E-state index contributed by atoms with van der Waals surface area (Å²) in [6.45, 7) is -1.79. The largest absolute Gasteiger partial charge is 0.513 e. The molecular formula is C11H16O9. The number of esters is 1.